The molecule has 4 heterocycles. The number of aromatic nitrogens is 2. The van der Waals surface area contributed by atoms with E-state index in [1.54, 1.807) is 12.4 Å². The summed E-state index contributed by atoms with van der Waals surface area (Å²) in [7, 11) is 0. The highest BCUT2D eigenvalue weighted by Gasteiger charge is 2.21. The number of pyridine rings is 1. The van der Waals surface area contributed by atoms with E-state index in [1.807, 2.05) is 6.20 Å². The molecule has 6 heteroatoms. The van der Waals surface area contributed by atoms with Gasteiger partial charge in [0.25, 0.3) is 0 Å². The van der Waals surface area contributed by atoms with E-state index in [4.69, 9.17) is 10.5 Å². The molecule has 144 valence electrons. The number of nitrogens with one attached hydrogen (secondary N) is 1. The van der Waals surface area contributed by atoms with Gasteiger partial charge in [-0.1, -0.05) is 0 Å². The number of hydrogen-bond donors (Lipinski definition) is 2. The Bertz CT molecular complexity index is 834. The largest absolute Gasteiger partial charge is 0.404 e. The van der Waals surface area contributed by atoms with Crippen LogP contribution in [0.15, 0.2) is 35.7 Å². The summed E-state index contributed by atoms with van der Waals surface area (Å²) in [6, 6.07) is 4.86. The van der Waals surface area contributed by atoms with Crippen molar-refractivity contribution in [2.75, 3.05) is 13.2 Å². The number of fused-ring (bicyclic) bond motifs is 1. The molecule has 27 heavy (non-hydrogen) atoms. The Labute approximate surface area is 160 Å². The Morgan fingerprint density at radius 2 is 2.41 bits per heavy atom. The van der Waals surface area contributed by atoms with Crippen LogP contribution in [0.4, 0.5) is 0 Å². The molecule has 0 aliphatic carbocycles. The maximum Gasteiger partial charge on any atom is 0.148 e. The number of rotatable bonds is 5. The van der Waals surface area contributed by atoms with Crippen molar-refractivity contribution < 1.29 is 4.74 Å². The molecule has 2 saturated heterocycles. The minimum Gasteiger partial charge on any atom is -0.404 e. The van der Waals surface area contributed by atoms with Crippen molar-refractivity contribution in [2.24, 2.45) is 16.6 Å². The smallest absolute Gasteiger partial charge is 0.148 e. The molecule has 2 aromatic rings. The third-order valence-electron chi connectivity index (χ3n) is 5.57. The molecule has 3 N–H and O–H groups in total. The van der Waals surface area contributed by atoms with Crippen molar-refractivity contribution >= 4 is 22.7 Å². The fraction of sp³-hybridized carbons (Fsp3) is 0.524. The maximum atomic E-state index is 5.85. The van der Waals surface area contributed by atoms with Gasteiger partial charge < -0.3 is 20.4 Å². The van der Waals surface area contributed by atoms with E-state index in [0.29, 0.717) is 12.0 Å². The highest BCUT2D eigenvalue weighted by atomic mass is 16.5. The molecule has 0 spiro atoms. The van der Waals surface area contributed by atoms with Crippen LogP contribution in [0.25, 0.3) is 16.5 Å². The number of nitrogens with zero attached hydrogens (tertiary/aromatic N) is 3. The van der Waals surface area contributed by atoms with E-state index in [9.17, 15) is 0 Å². The van der Waals surface area contributed by atoms with E-state index >= 15 is 0 Å². The van der Waals surface area contributed by atoms with Crippen LogP contribution in [-0.4, -0.2) is 41.2 Å². The van der Waals surface area contributed by atoms with Gasteiger partial charge in [-0.2, -0.15) is 0 Å². The van der Waals surface area contributed by atoms with Crippen molar-refractivity contribution in [2.45, 2.75) is 51.4 Å². The summed E-state index contributed by atoms with van der Waals surface area (Å²) in [5.41, 5.74) is 8.69. The Hall–Kier alpha value is -2.18. The second-order valence-electron chi connectivity index (χ2n) is 7.73. The third kappa shape index (κ3) is 4.22. The molecular formula is C21H29N5O. The first kappa shape index (κ1) is 18.2. The second-order valence-corrected chi connectivity index (χ2v) is 7.73. The fourth-order valence-corrected chi connectivity index (χ4v) is 4.06. The Morgan fingerprint density at radius 3 is 3.15 bits per heavy atom. The quantitative estimate of drug-likeness (QED) is 0.797. The zero-order chi connectivity index (χ0) is 18.6. The number of nitrogens with two attached hydrogens (primary N) is 1. The van der Waals surface area contributed by atoms with Gasteiger partial charge in [-0.3, -0.25) is 9.98 Å². The lowest BCUT2D eigenvalue weighted by Crippen LogP contribution is -2.17. The normalized spacial score (nSPS) is 27.0. The molecular weight excluding hydrogens is 338 g/mol. The summed E-state index contributed by atoms with van der Waals surface area (Å²) in [5.74, 6) is 0.678. The minimum atomic E-state index is -0.0547. The van der Waals surface area contributed by atoms with Crippen LogP contribution >= 0.6 is 0 Å². The summed E-state index contributed by atoms with van der Waals surface area (Å²) < 4.78 is 7.97. The van der Waals surface area contributed by atoms with Crippen LogP contribution in [0.1, 0.15) is 38.3 Å². The number of aliphatic imine (C=N–C) groups is 1. The molecule has 2 aliphatic rings. The van der Waals surface area contributed by atoms with Crippen LogP contribution in [0.2, 0.25) is 0 Å². The highest BCUT2D eigenvalue weighted by Crippen LogP contribution is 2.23. The summed E-state index contributed by atoms with van der Waals surface area (Å²) in [6.45, 7) is 5.16. The molecule has 0 aromatic carbocycles. The van der Waals surface area contributed by atoms with Crippen LogP contribution in [0.3, 0.4) is 0 Å². The second kappa shape index (κ2) is 8.23. The molecule has 2 fully saturated rings. The van der Waals surface area contributed by atoms with E-state index < -0.39 is 0 Å². The first-order valence-electron chi connectivity index (χ1n) is 9.98. The molecule has 2 aliphatic heterocycles. The summed E-state index contributed by atoms with van der Waals surface area (Å²) in [6.07, 6.45) is 11.9. The predicted molar refractivity (Wildman–Crippen MR) is 110 cm³/mol. The van der Waals surface area contributed by atoms with Crippen LogP contribution < -0.4 is 11.1 Å². The zero-order valence-corrected chi connectivity index (χ0v) is 16.0. The fourth-order valence-electron chi connectivity index (χ4n) is 4.06. The standard InChI is InChI=1S/C21H29N5O/c1-15-8-16(11-23-15)14-26-6-5-17-9-19(24-13-20(17)26)18(10-22)12-25-21-4-2-3-7-27-21/h5-6,9-10,12-13,15-16,21,23H,2-4,7-8,11,14,22H2,1H3/t15-,16-,21?/m0/s1. The molecule has 0 saturated carbocycles. The molecule has 6 nitrogen and oxygen atoms in total. The lowest BCUT2D eigenvalue weighted by Gasteiger charge is -2.18. The van der Waals surface area contributed by atoms with Gasteiger partial charge in [-0.15, -0.1) is 0 Å². The number of allylic oxidation sites excluding steroid dienone is 1. The third-order valence-corrected chi connectivity index (χ3v) is 5.57. The van der Waals surface area contributed by atoms with Gasteiger partial charge in [0.15, 0.2) is 0 Å². The monoisotopic (exact) mass is 367 g/mol. The maximum absolute atomic E-state index is 5.85. The predicted octanol–water partition coefficient (Wildman–Crippen LogP) is 2.93. The van der Waals surface area contributed by atoms with Crippen LogP contribution in [0.5, 0.6) is 0 Å². The first-order chi connectivity index (χ1) is 13.2. The minimum absolute atomic E-state index is 0.0547. The van der Waals surface area contributed by atoms with Crippen molar-refractivity contribution in [3.05, 3.63) is 36.4 Å². The van der Waals surface area contributed by atoms with E-state index in [2.05, 4.69) is 45.1 Å². The van der Waals surface area contributed by atoms with Gasteiger partial charge in [0.05, 0.1) is 17.4 Å². The number of hydrogen-bond acceptors (Lipinski definition) is 5. The Morgan fingerprint density at radius 1 is 1.48 bits per heavy atom. The lowest BCUT2D eigenvalue weighted by molar-refractivity contribution is 0.0227. The molecule has 3 atom stereocenters. The van der Waals surface area contributed by atoms with Gasteiger partial charge in [0.2, 0.25) is 0 Å². The van der Waals surface area contributed by atoms with E-state index in [-0.39, 0.29) is 6.23 Å². The van der Waals surface area contributed by atoms with Crippen molar-refractivity contribution in [1.29, 1.82) is 0 Å². The molecule has 2 aromatic heterocycles. The number of ether oxygens (including phenoxy) is 1. The van der Waals surface area contributed by atoms with E-state index in [0.717, 1.165) is 50.2 Å². The zero-order valence-electron chi connectivity index (χ0n) is 16.0. The van der Waals surface area contributed by atoms with Gasteiger partial charge in [0, 0.05) is 48.8 Å². The highest BCUT2D eigenvalue weighted by molar-refractivity contribution is 6.09. The summed E-state index contributed by atoms with van der Waals surface area (Å²) in [4.78, 5) is 9.19. The molecule has 0 amide bonds. The van der Waals surface area contributed by atoms with Crippen molar-refractivity contribution in [3.8, 4) is 0 Å². The van der Waals surface area contributed by atoms with Crippen LogP contribution in [0, 0.1) is 5.92 Å². The molecule has 1 unspecified atom stereocenters. The molecule has 4 rings (SSSR count). The lowest BCUT2D eigenvalue weighted by atomic mass is 10.1. The van der Waals surface area contributed by atoms with Gasteiger partial charge in [-0.05, 0) is 57.2 Å². The first-order valence-corrected chi connectivity index (χ1v) is 9.98. The van der Waals surface area contributed by atoms with Gasteiger partial charge in [-0.25, -0.2) is 0 Å². The Kier molecular flexibility index (Phi) is 5.55. The summed E-state index contributed by atoms with van der Waals surface area (Å²) >= 11 is 0. The molecule has 0 bridgehead atoms. The summed E-state index contributed by atoms with van der Waals surface area (Å²) in [5, 5.41) is 4.71. The average Bonchev–Trinajstić information content (AvgIpc) is 3.29. The van der Waals surface area contributed by atoms with Gasteiger partial charge in [0.1, 0.15) is 6.23 Å². The molecule has 0 radical (unpaired) electrons. The van der Waals surface area contributed by atoms with Gasteiger partial charge >= 0.3 is 0 Å². The van der Waals surface area contributed by atoms with E-state index in [1.165, 1.54) is 17.3 Å². The SMILES string of the molecule is C[C@H]1C[C@H](Cn2ccc3cc(C(C=NC4CCCCO4)=CN)ncc32)CN1. The average molecular weight is 367 g/mol. The van der Waals surface area contributed by atoms with Crippen LogP contribution in [-0.2, 0) is 11.3 Å². The Balaban J connectivity index is 1.49. The van der Waals surface area contributed by atoms with Crippen molar-refractivity contribution in [3.63, 3.8) is 0 Å². The van der Waals surface area contributed by atoms with Crippen molar-refractivity contribution in [1.82, 2.24) is 14.9 Å². The topological polar surface area (TPSA) is 77.5 Å².